The minimum Gasteiger partial charge on any atom is -0.441 e. The summed E-state index contributed by atoms with van der Waals surface area (Å²) in [6.45, 7) is 4.27. The van der Waals surface area contributed by atoms with E-state index in [0.29, 0.717) is 34.5 Å². The summed E-state index contributed by atoms with van der Waals surface area (Å²) >= 11 is 1.40. The molecule has 2 amide bonds. The summed E-state index contributed by atoms with van der Waals surface area (Å²) in [5.41, 5.74) is 3.00. The number of benzene rings is 1. The Morgan fingerprint density at radius 3 is 2.53 bits per heavy atom. The minimum absolute atomic E-state index is 0.177. The van der Waals surface area contributed by atoms with Gasteiger partial charge in [0.1, 0.15) is 17.1 Å². The average Bonchev–Trinajstić information content (AvgIpc) is 3.45. The van der Waals surface area contributed by atoms with Gasteiger partial charge < -0.3 is 19.8 Å². The highest BCUT2D eigenvalue weighted by molar-refractivity contribution is 7.14. The van der Waals surface area contributed by atoms with Crippen molar-refractivity contribution in [3.63, 3.8) is 0 Å². The number of carbonyl (C=O) groups is 2. The van der Waals surface area contributed by atoms with Crippen LogP contribution in [0.1, 0.15) is 42.2 Å². The lowest BCUT2D eigenvalue weighted by atomic mass is 10.2. The van der Waals surface area contributed by atoms with Gasteiger partial charge in [-0.25, -0.2) is 9.97 Å². The van der Waals surface area contributed by atoms with Crippen LogP contribution < -0.4 is 10.6 Å². The van der Waals surface area contributed by atoms with Gasteiger partial charge in [0.15, 0.2) is 0 Å². The number of amides is 2. The predicted molar refractivity (Wildman–Crippen MR) is 128 cm³/mol. The van der Waals surface area contributed by atoms with Crippen molar-refractivity contribution in [1.82, 2.24) is 20.3 Å². The summed E-state index contributed by atoms with van der Waals surface area (Å²) in [7, 11) is 1.62. The molecule has 0 spiro atoms. The number of methoxy groups -OCH3 is 1. The van der Waals surface area contributed by atoms with Gasteiger partial charge in [0.05, 0.1) is 29.9 Å². The van der Waals surface area contributed by atoms with Crippen molar-refractivity contribution in [2.75, 3.05) is 12.4 Å². The summed E-state index contributed by atoms with van der Waals surface area (Å²) in [6, 6.07) is 10.9. The molecule has 9 nitrogen and oxygen atoms in total. The molecular formula is C24H23N5O4S. The van der Waals surface area contributed by atoms with Gasteiger partial charge in [0, 0.05) is 29.4 Å². The van der Waals surface area contributed by atoms with Crippen LogP contribution in [0.15, 0.2) is 53.2 Å². The van der Waals surface area contributed by atoms with E-state index < -0.39 is 0 Å². The van der Waals surface area contributed by atoms with E-state index in [2.05, 4.69) is 25.6 Å². The second-order valence-corrected chi connectivity index (χ2v) is 8.65. The van der Waals surface area contributed by atoms with Crippen LogP contribution in [-0.2, 0) is 17.9 Å². The molecule has 10 heteroatoms. The number of carbonyl (C=O) groups excluding carboxylic acids is 2. The van der Waals surface area contributed by atoms with Gasteiger partial charge in [-0.1, -0.05) is 0 Å². The van der Waals surface area contributed by atoms with Crippen molar-refractivity contribution in [3.05, 3.63) is 81.4 Å². The van der Waals surface area contributed by atoms with Gasteiger partial charge in [0.25, 0.3) is 11.8 Å². The highest BCUT2D eigenvalue weighted by atomic mass is 32.1. The molecule has 0 aliphatic rings. The second kappa shape index (κ2) is 10.4. The van der Waals surface area contributed by atoms with Crippen LogP contribution in [0.25, 0.3) is 11.5 Å². The Balaban J connectivity index is 1.38. The Labute approximate surface area is 200 Å². The number of aromatic nitrogens is 3. The van der Waals surface area contributed by atoms with Gasteiger partial charge in [-0.3, -0.25) is 14.6 Å². The van der Waals surface area contributed by atoms with Crippen molar-refractivity contribution in [1.29, 1.82) is 0 Å². The number of nitrogens with zero attached hydrogens (tertiary/aromatic N) is 3. The molecule has 0 bridgehead atoms. The third-order valence-electron chi connectivity index (χ3n) is 4.88. The molecule has 0 aliphatic heterocycles. The lowest BCUT2D eigenvalue weighted by Gasteiger charge is -2.04. The average molecular weight is 478 g/mol. The Kier molecular flexibility index (Phi) is 7.09. The molecule has 0 aliphatic carbocycles. The number of rotatable bonds is 8. The maximum Gasteiger partial charge on any atom is 0.271 e. The number of hydrogen-bond donors (Lipinski definition) is 2. The highest BCUT2D eigenvalue weighted by Gasteiger charge is 2.15. The number of nitrogens with one attached hydrogen (secondary N) is 2. The number of oxazole rings is 1. The van der Waals surface area contributed by atoms with E-state index in [9.17, 15) is 9.59 Å². The molecule has 174 valence electrons. The van der Waals surface area contributed by atoms with Gasteiger partial charge in [-0.2, -0.15) is 0 Å². The standard InChI is InChI=1S/C24H23N5O4S/c1-14-10-26-20(12-25-14)22(30)27-11-19-15(2)33-24(29-19)16-4-6-17(7-5-16)28-23(31)21-9-8-18(34-21)13-32-3/h4-10,12H,11,13H2,1-3H3,(H,27,30)(H,28,31). The largest absolute Gasteiger partial charge is 0.441 e. The summed E-state index contributed by atoms with van der Waals surface area (Å²) in [5.74, 6) is 0.518. The molecule has 34 heavy (non-hydrogen) atoms. The quantitative estimate of drug-likeness (QED) is 0.391. The normalized spacial score (nSPS) is 10.8. The molecule has 0 radical (unpaired) electrons. The van der Waals surface area contributed by atoms with E-state index >= 15 is 0 Å². The van der Waals surface area contributed by atoms with Crippen molar-refractivity contribution in [2.45, 2.75) is 27.0 Å². The van der Waals surface area contributed by atoms with Crippen molar-refractivity contribution in [3.8, 4) is 11.5 Å². The second-order valence-electron chi connectivity index (χ2n) is 7.48. The van der Waals surface area contributed by atoms with E-state index in [-0.39, 0.29) is 24.1 Å². The Morgan fingerprint density at radius 1 is 1.03 bits per heavy atom. The molecule has 3 heterocycles. The molecule has 0 unspecified atom stereocenters. The molecule has 2 N–H and O–H groups in total. The van der Waals surface area contributed by atoms with Gasteiger partial charge in [0.2, 0.25) is 5.89 Å². The first kappa shape index (κ1) is 23.3. The molecular weight excluding hydrogens is 454 g/mol. The molecule has 3 aromatic heterocycles. The van der Waals surface area contributed by atoms with Crippen LogP contribution in [0.2, 0.25) is 0 Å². The number of ether oxygens (including phenoxy) is 1. The molecule has 0 saturated carbocycles. The van der Waals surface area contributed by atoms with Crippen LogP contribution in [0.5, 0.6) is 0 Å². The SMILES string of the molecule is COCc1ccc(C(=O)Nc2ccc(-c3nc(CNC(=O)c4cnc(C)cn4)c(C)o3)cc2)s1. The minimum atomic E-state index is -0.336. The molecule has 0 fully saturated rings. The van der Waals surface area contributed by atoms with Crippen LogP contribution in [0.4, 0.5) is 5.69 Å². The lowest BCUT2D eigenvalue weighted by Crippen LogP contribution is -2.24. The molecule has 1 aromatic carbocycles. The first-order valence-electron chi connectivity index (χ1n) is 10.5. The zero-order valence-corrected chi connectivity index (χ0v) is 19.7. The van der Waals surface area contributed by atoms with Crippen LogP contribution in [0.3, 0.4) is 0 Å². The van der Waals surface area contributed by atoms with Crippen molar-refractivity contribution >= 4 is 28.8 Å². The van der Waals surface area contributed by atoms with Crippen LogP contribution in [0, 0.1) is 13.8 Å². The van der Waals surface area contributed by atoms with Crippen LogP contribution in [-0.4, -0.2) is 33.9 Å². The fourth-order valence-corrected chi connectivity index (χ4v) is 3.96. The van der Waals surface area contributed by atoms with E-state index in [1.54, 1.807) is 45.4 Å². The Bertz CT molecular complexity index is 1300. The fourth-order valence-electron chi connectivity index (χ4n) is 3.09. The third kappa shape index (κ3) is 5.53. The molecule has 4 rings (SSSR count). The predicted octanol–water partition coefficient (Wildman–Crippen LogP) is 4.14. The van der Waals surface area contributed by atoms with E-state index in [1.807, 2.05) is 18.2 Å². The van der Waals surface area contributed by atoms with Gasteiger partial charge in [-0.05, 0) is 50.2 Å². The van der Waals surface area contributed by atoms with Crippen LogP contribution >= 0.6 is 11.3 Å². The van der Waals surface area contributed by atoms with Gasteiger partial charge in [-0.15, -0.1) is 11.3 Å². The summed E-state index contributed by atoms with van der Waals surface area (Å²) in [6.07, 6.45) is 2.97. The van der Waals surface area contributed by atoms with E-state index in [1.165, 1.54) is 17.5 Å². The first-order valence-corrected chi connectivity index (χ1v) is 11.3. The summed E-state index contributed by atoms with van der Waals surface area (Å²) in [5, 5.41) is 5.66. The maximum atomic E-state index is 12.5. The Hall–Kier alpha value is -3.89. The summed E-state index contributed by atoms with van der Waals surface area (Å²) < 4.78 is 10.9. The topological polar surface area (TPSA) is 119 Å². The van der Waals surface area contributed by atoms with Crippen molar-refractivity contribution in [2.24, 2.45) is 0 Å². The smallest absolute Gasteiger partial charge is 0.271 e. The maximum absolute atomic E-state index is 12.5. The first-order chi connectivity index (χ1) is 16.4. The number of aryl methyl sites for hydroxylation is 2. The lowest BCUT2D eigenvalue weighted by molar-refractivity contribution is 0.0944. The molecule has 0 saturated heterocycles. The highest BCUT2D eigenvalue weighted by Crippen LogP contribution is 2.24. The van der Waals surface area contributed by atoms with E-state index in [0.717, 1.165) is 16.1 Å². The number of hydrogen-bond acceptors (Lipinski definition) is 8. The third-order valence-corrected chi connectivity index (χ3v) is 5.94. The molecule has 0 atom stereocenters. The van der Waals surface area contributed by atoms with E-state index in [4.69, 9.17) is 9.15 Å². The monoisotopic (exact) mass is 477 g/mol. The molecule has 4 aromatic rings. The number of anilines is 1. The zero-order valence-electron chi connectivity index (χ0n) is 18.9. The number of thiophene rings is 1. The fraction of sp³-hybridized carbons (Fsp3) is 0.208. The summed E-state index contributed by atoms with van der Waals surface area (Å²) in [4.78, 5) is 39.0. The van der Waals surface area contributed by atoms with Gasteiger partial charge >= 0.3 is 0 Å². The van der Waals surface area contributed by atoms with Crippen molar-refractivity contribution < 1.29 is 18.7 Å². The zero-order chi connectivity index (χ0) is 24.1. The Morgan fingerprint density at radius 2 is 1.82 bits per heavy atom.